The average Bonchev–Trinajstić information content (AvgIpc) is 2.92. The number of hydrogen-bond acceptors (Lipinski definition) is 5. The van der Waals surface area contributed by atoms with Gasteiger partial charge in [-0.05, 0) is 68.5 Å². The smallest absolute Gasteiger partial charge is 0.234 e. The third-order valence-corrected chi connectivity index (χ3v) is 5.42. The lowest BCUT2D eigenvalue weighted by Crippen LogP contribution is -2.14. The second-order valence-electron chi connectivity index (χ2n) is 6.41. The third-order valence-electron chi connectivity index (χ3n) is 4.43. The number of pyridine rings is 1. The largest absolute Gasteiger partial charge is 0.494 e. The molecule has 0 aliphatic heterocycles. The lowest BCUT2D eigenvalue weighted by atomic mass is 10.1. The van der Waals surface area contributed by atoms with Gasteiger partial charge in [-0.3, -0.25) is 4.79 Å². The van der Waals surface area contributed by atoms with Gasteiger partial charge in [0, 0.05) is 11.4 Å². The summed E-state index contributed by atoms with van der Waals surface area (Å²) in [5.74, 6) is 0.871. The molecule has 3 rings (SSSR count). The van der Waals surface area contributed by atoms with Crippen LogP contribution in [-0.2, 0) is 17.6 Å². The van der Waals surface area contributed by atoms with E-state index in [1.807, 2.05) is 37.3 Å². The van der Waals surface area contributed by atoms with E-state index in [2.05, 4.69) is 11.4 Å². The molecule has 5 nitrogen and oxygen atoms in total. The summed E-state index contributed by atoms with van der Waals surface area (Å²) >= 11 is 1.32. The number of nitrogens with zero attached hydrogens (tertiary/aromatic N) is 2. The van der Waals surface area contributed by atoms with Crippen LogP contribution in [0, 0.1) is 11.3 Å². The molecule has 1 heterocycles. The van der Waals surface area contributed by atoms with Crippen LogP contribution < -0.4 is 10.1 Å². The fourth-order valence-corrected chi connectivity index (χ4v) is 3.89. The monoisotopic (exact) mass is 381 g/mol. The normalized spacial score (nSPS) is 13.2. The fourth-order valence-electron chi connectivity index (χ4n) is 3.11. The van der Waals surface area contributed by atoms with Crippen molar-refractivity contribution < 1.29 is 9.53 Å². The summed E-state index contributed by atoms with van der Waals surface area (Å²) in [6.07, 6.45) is 5.42. The average molecular weight is 382 g/mol. The standard InChI is InChI=1S/C21H23N3O2S/c1-2-26-18-10-8-17(9-11-18)23-20(25)14-27-21-16(13-22)12-15-6-4-3-5-7-19(15)24-21/h8-12H,2-7,14H2,1H3,(H,23,25). The van der Waals surface area contributed by atoms with Crippen LogP contribution in [0.1, 0.15) is 43.0 Å². The van der Waals surface area contributed by atoms with Gasteiger partial charge in [-0.15, -0.1) is 0 Å². The van der Waals surface area contributed by atoms with Crippen molar-refractivity contribution in [1.82, 2.24) is 4.98 Å². The molecule has 27 heavy (non-hydrogen) atoms. The number of anilines is 1. The van der Waals surface area contributed by atoms with Crippen molar-refractivity contribution >= 4 is 23.4 Å². The van der Waals surface area contributed by atoms with E-state index in [-0.39, 0.29) is 11.7 Å². The Bertz CT molecular complexity index is 844. The lowest BCUT2D eigenvalue weighted by molar-refractivity contribution is -0.113. The van der Waals surface area contributed by atoms with Crippen molar-refractivity contribution in [1.29, 1.82) is 5.26 Å². The first kappa shape index (κ1) is 19.2. The van der Waals surface area contributed by atoms with Crippen LogP contribution in [0.3, 0.4) is 0 Å². The molecule has 0 radical (unpaired) electrons. The summed E-state index contributed by atoms with van der Waals surface area (Å²) in [4.78, 5) is 17.0. The van der Waals surface area contributed by atoms with Crippen LogP contribution in [0.5, 0.6) is 5.75 Å². The number of thioether (sulfide) groups is 1. The molecule has 0 saturated carbocycles. The maximum atomic E-state index is 12.3. The van der Waals surface area contributed by atoms with Crippen molar-refractivity contribution in [2.75, 3.05) is 17.7 Å². The Hall–Kier alpha value is -2.52. The van der Waals surface area contributed by atoms with E-state index < -0.39 is 0 Å². The van der Waals surface area contributed by atoms with E-state index in [1.54, 1.807) is 0 Å². The van der Waals surface area contributed by atoms with Gasteiger partial charge in [0.15, 0.2) is 0 Å². The van der Waals surface area contributed by atoms with Gasteiger partial charge in [0.05, 0.1) is 17.9 Å². The quantitative estimate of drug-likeness (QED) is 0.595. The third kappa shape index (κ3) is 5.24. The van der Waals surface area contributed by atoms with E-state index >= 15 is 0 Å². The minimum absolute atomic E-state index is 0.121. The number of carbonyl (C=O) groups is 1. The molecule has 1 aliphatic rings. The predicted octanol–water partition coefficient (Wildman–Crippen LogP) is 4.35. The highest BCUT2D eigenvalue weighted by Crippen LogP contribution is 2.27. The first-order valence-corrected chi connectivity index (χ1v) is 10.3. The highest BCUT2D eigenvalue weighted by Gasteiger charge is 2.15. The minimum atomic E-state index is -0.121. The number of benzene rings is 1. The van der Waals surface area contributed by atoms with Crippen molar-refractivity contribution in [3.05, 3.63) is 47.2 Å². The summed E-state index contributed by atoms with van der Waals surface area (Å²) in [5, 5.41) is 13.0. The van der Waals surface area contributed by atoms with Gasteiger partial charge < -0.3 is 10.1 Å². The number of carbonyl (C=O) groups excluding carboxylic acids is 1. The van der Waals surface area contributed by atoms with Crippen molar-refractivity contribution in [2.24, 2.45) is 0 Å². The molecule has 2 aromatic rings. The number of amides is 1. The second-order valence-corrected chi connectivity index (χ2v) is 7.38. The Morgan fingerprint density at radius 2 is 2.04 bits per heavy atom. The second kappa shape index (κ2) is 9.43. The zero-order chi connectivity index (χ0) is 19.1. The molecule has 1 aromatic carbocycles. The van der Waals surface area contributed by atoms with Crippen molar-refractivity contribution in [3.8, 4) is 11.8 Å². The minimum Gasteiger partial charge on any atom is -0.494 e. The summed E-state index contributed by atoms with van der Waals surface area (Å²) in [6.45, 7) is 2.54. The maximum Gasteiger partial charge on any atom is 0.234 e. The summed E-state index contributed by atoms with van der Waals surface area (Å²) in [7, 11) is 0. The summed E-state index contributed by atoms with van der Waals surface area (Å²) < 4.78 is 5.40. The van der Waals surface area contributed by atoms with Crippen LogP contribution in [0.25, 0.3) is 0 Å². The van der Waals surface area contributed by atoms with Crippen molar-refractivity contribution in [3.63, 3.8) is 0 Å². The number of aromatic nitrogens is 1. The molecular formula is C21H23N3O2S. The number of nitriles is 1. The summed E-state index contributed by atoms with van der Waals surface area (Å²) in [6, 6.07) is 11.5. The van der Waals surface area contributed by atoms with E-state index in [4.69, 9.17) is 9.72 Å². The molecule has 0 saturated heterocycles. The molecule has 0 atom stereocenters. The molecule has 0 spiro atoms. The van der Waals surface area contributed by atoms with E-state index in [0.717, 1.165) is 42.8 Å². The van der Waals surface area contributed by atoms with Gasteiger partial charge in [0.25, 0.3) is 0 Å². The van der Waals surface area contributed by atoms with Crippen LogP contribution in [0.15, 0.2) is 35.4 Å². The van der Waals surface area contributed by atoms with Crippen LogP contribution in [-0.4, -0.2) is 23.3 Å². The molecule has 1 N–H and O–H groups in total. The van der Waals surface area contributed by atoms with Gasteiger partial charge in [-0.25, -0.2) is 4.98 Å². The molecule has 0 fully saturated rings. The number of aryl methyl sites for hydroxylation is 2. The van der Waals surface area contributed by atoms with Gasteiger partial charge in [0.1, 0.15) is 16.8 Å². The zero-order valence-electron chi connectivity index (χ0n) is 15.5. The number of rotatable bonds is 6. The Kier molecular flexibility index (Phi) is 6.72. The Balaban J connectivity index is 1.62. The first-order chi connectivity index (χ1) is 13.2. The van der Waals surface area contributed by atoms with Crippen LogP contribution >= 0.6 is 11.8 Å². The van der Waals surface area contributed by atoms with E-state index in [9.17, 15) is 10.1 Å². The molecule has 0 unspecified atom stereocenters. The van der Waals surface area contributed by atoms with Gasteiger partial charge >= 0.3 is 0 Å². The Labute approximate surface area is 164 Å². The first-order valence-electron chi connectivity index (χ1n) is 9.28. The van der Waals surface area contributed by atoms with E-state index in [1.165, 1.54) is 23.7 Å². The van der Waals surface area contributed by atoms with Crippen LogP contribution in [0.4, 0.5) is 5.69 Å². The summed E-state index contributed by atoms with van der Waals surface area (Å²) in [5.41, 5.74) is 3.56. The highest BCUT2D eigenvalue weighted by atomic mass is 32.2. The Morgan fingerprint density at radius 3 is 2.78 bits per heavy atom. The Morgan fingerprint density at radius 1 is 1.26 bits per heavy atom. The number of hydrogen-bond donors (Lipinski definition) is 1. The molecule has 140 valence electrons. The number of fused-ring (bicyclic) bond motifs is 1. The maximum absolute atomic E-state index is 12.3. The molecule has 1 aliphatic carbocycles. The van der Waals surface area contributed by atoms with Crippen LogP contribution in [0.2, 0.25) is 0 Å². The number of nitrogens with one attached hydrogen (secondary N) is 1. The highest BCUT2D eigenvalue weighted by molar-refractivity contribution is 8.00. The predicted molar refractivity (Wildman–Crippen MR) is 107 cm³/mol. The molecular weight excluding hydrogens is 358 g/mol. The molecule has 0 bridgehead atoms. The van der Waals surface area contributed by atoms with Gasteiger partial charge in [-0.2, -0.15) is 5.26 Å². The van der Waals surface area contributed by atoms with E-state index in [0.29, 0.717) is 17.2 Å². The molecule has 6 heteroatoms. The van der Waals surface area contributed by atoms with Crippen molar-refractivity contribution in [2.45, 2.75) is 44.1 Å². The molecule has 1 aromatic heterocycles. The number of ether oxygens (including phenoxy) is 1. The zero-order valence-corrected chi connectivity index (χ0v) is 16.3. The lowest BCUT2D eigenvalue weighted by Gasteiger charge is -2.10. The molecule has 1 amide bonds. The SMILES string of the molecule is CCOc1ccc(NC(=O)CSc2nc3c(cc2C#N)CCCCC3)cc1. The van der Waals surface area contributed by atoms with Gasteiger partial charge in [0.2, 0.25) is 5.91 Å². The topological polar surface area (TPSA) is 75.0 Å². The fraction of sp³-hybridized carbons (Fsp3) is 0.381. The van der Waals surface area contributed by atoms with Gasteiger partial charge in [-0.1, -0.05) is 18.2 Å².